The minimum Gasteiger partial charge on any atom is -0.399 e. The van der Waals surface area contributed by atoms with Gasteiger partial charge in [-0.2, -0.15) is 0 Å². The Morgan fingerprint density at radius 3 is 2.33 bits per heavy atom. The number of hydrogen-bond donors (Lipinski definition) is 2. The summed E-state index contributed by atoms with van der Waals surface area (Å²) in [6, 6.07) is 1.85. The Kier molecular flexibility index (Phi) is 6.06. The lowest BCUT2D eigenvalue weighted by Gasteiger charge is -2.23. The second kappa shape index (κ2) is 7.15. The van der Waals surface area contributed by atoms with Gasteiger partial charge in [-0.25, -0.2) is 21.9 Å². The Labute approximate surface area is 124 Å². The molecule has 1 aromatic carbocycles. The van der Waals surface area contributed by atoms with E-state index >= 15 is 0 Å². The number of rotatable bonds is 7. The lowest BCUT2D eigenvalue weighted by molar-refractivity contribution is 0.256. The van der Waals surface area contributed by atoms with E-state index < -0.39 is 26.6 Å². The summed E-state index contributed by atoms with van der Waals surface area (Å²) in [5.41, 5.74) is 5.09. The molecular formula is C13H21F2N3O2S. The van der Waals surface area contributed by atoms with E-state index in [1.54, 1.807) is 0 Å². The first-order chi connectivity index (χ1) is 9.69. The predicted octanol–water partition coefficient (Wildman–Crippen LogP) is 1.56. The van der Waals surface area contributed by atoms with E-state index in [9.17, 15) is 17.2 Å². The van der Waals surface area contributed by atoms with E-state index in [1.165, 1.54) is 0 Å². The summed E-state index contributed by atoms with van der Waals surface area (Å²) in [7, 11) is -2.39. The van der Waals surface area contributed by atoms with Gasteiger partial charge in [-0.3, -0.25) is 0 Å². The topological polar surface area (TPSA) is 75.4 Å². The molecule has 1 aromatic rings. The van der Waals surface area contributed by atoms with Crippen molar-refractivity contribution in [2.75, 3.05) is 25.9 Å². The maximum absolute atomic E-state index is 13.6. The molecular weight excluding hydrogens is 300 g/mol. The van der Waals surface area contributed by atoms with Gasteiger partial charge < -0.3 is 10.6 Å². The van der Waals surface area contributed by atoms with Crippen molar-refractivity contribution in [3.8, 4) is 0 Å². The third-order valence-corrected chi connectivity index (χ3v) is 4.90. The molecule has 5 nitrogen and oxygen atoms in total. The van der Waals surface area contributed by atoms with Crippen molar-refractivity contribution in [3.63, 3.8) is 0 Å². The SMILES string of the molecule is CCC(C)N(C)CCNS(=O)(=O)c1c(F)cc(N)cc1F. The van der Waals surface area contributed by atoms with Crippen molar-refractivity contribution in [2.24, 2.45) is 0 Å². The van der Waals surface area contributed by atoms with E-state index in [1.807, 2.05) is 25.8 Å². The summed E-state index contributed by atoms with van der Waals surface area (Å²) in [5, 5.41) is 0. The second-order valence-corrected chi connectivity index (χ2v) is 6.65. The zero-order valence-corrected chi connectivity index (χ0v) is 13.2. The van der Waals surface area contributed by atoms with Crippen LogP contribution in [0.5, 0.6) is 0 Å². The van der Waals surface area contributed by atoms with Crippen LogP contribution in [0.4, 0.5) is 14.5 Å². The number of sulfonamides is 1. The third kappa shape index (κ3) is 4.62. The molecule has 0 aliphatic carbocycles. The standard InChI is InChI=1S/C13H21F2N3O2S/c1-4-9(2)18(3)6-5-17-21(19,20)13-11(14)7-10(16)8-12(13)15/h7-9,17H,4-6,16H2,1-3H3. The first-order valence-corrected chi connectivity index (χ1v) is 8.11. The number of nitrogens with two attached hydrogens (primary N) is 1. The number of nitrogens with zero attached hydrogens (tertiary/aromatic N) is 1. The fourth-order valence-electron chi connectivity index (χ4n) is 1.80. The number of nitrogens with one attached hydrogen (secondary N) is 1. The number of hydrogen-bond acceptors (Lipinski definition) is 4. The molecule has 1 atom stereocenters. The Hall–Kier alpha value is -1.25. The number of benzene rings is 1. The van der Waals surface area contributed by atoms with E-state index in [0.717, 1.165) is 18.6 Å². The molecule has 0 aliphatic rings. The molecule has 0 amide bonds. The van der Waals surface area contributed by atoms with Crippen molar-refractivity contribution in [3.05, 3.63) is 23.8 Å². The molecule has 8 heteroatoms. The van der Waals surface area contributed by atoms with Crippen molar-refractivity contribution in [1.82, 2.24) is 9.62 Å². The summed E-state index contributed by atoms with van der Waals surface area (Å²) in [4.78, 5) is 0.959. The summed E-state index contributed by atoms with van der Waals surface area (Å²) in [6.45, 7) is 4.52. The van der Waals surface area contributed by atoms with Crippen LogP contribution in [0, 0.1) is 11.6 Å². The number of halogens is 2. The smallest absolute Gasteiger partial charge is 0.246 e. The molecule has 0 bridgehead atoms. The normalized spacial score (nSPS) is 13.6. The first-order valence-electron chi connectivity index (χ1n) is 6.63. The molecule has 120 valence electrons. The lowest BCUT2D eigenvalue weighted by atomic mass is 10.2. The predicted molar refractivity (Wildman–Crippen MR) is 78.3 cm³/mol. The number of anilines is 1. The van der Waals surface area contributed by atoms with E-state index in [-0.39, 0.29) is 12.2 Å². The van der Waals surface area contributed by atoms with Crippen molar-refractivity contribution < 1.29 is 17.2 Å². The third-order valence-electron chi connectivity index (χ3n) is 3.39. The van der Waals surface area contributed by atoms with Crippen LogP contribution in [0.2, 0.25) is 0 Å². The first kappa shape index (κ1) is 17.8. The second-order valence-electron chi connectivity index (χ2n) is 4.95. The minimum atomic E-state index is -4.25. The molecule has 0 aliphatic heterocycles. The summed E-state index contributed by atoms with van der Waals surface area (Å²) < 4.78 is 53.4. The van der Waals surface area contributed by atoms with Crippen LogP contribution < -0.4 is 10.5 Å². The molecule has 0 spiro atoms. The fraction of sp³-hybridized carbons (Fsp3) is 0.538. The van der Waals surface area contributed by atoms with Gasteiger partial charge in [0.1, 0.15) is 11.6 Å². The average Bonchev–Trinajstić information content (AvgIpc) is 2.35. The highest BCUT2D eigenvalue weighted by Gasteiger charge is 2.24. The van der Waals surface area contributed by atoms with Gasteiger partial charge in [0.05, 0.1) is 0 Å². The van der Waals surface area contributed by atoms with Gasteiger partial charge in [-0.15, -0.1) is 0 Å². The maximum Gasteiger partial charge on any atom is 0.246 e. The molecule has 0 fully saturated rings. The van der Waals surface area contributed by atoms with Gasteiger partial charge in [0, 0.05) is 24.8 Å². The zero-order chi connectivity index (χ0) is 16.2. The van der Waals surface area contributed by atoms with E-state index in [2.05, 4.69) is 4.72 Å². The maximum atomic E-state index is 13.6. The molecule has 0 saturated heterocycles. The Bertz CT molecular complexity index is 570. The van der Waals surface area contributed by atoms with Crippen LogP contribution in [-0.2, 0) is 10.0 Å². The van der Waals surface area contributed by atoms with Crippen molar-refractivity contribution in [1.29, 1.82) is 0 Å². The largest absolute Gasteiger partial charge is 0.399 e. The lowest BCUT2D eigenvalue weighted by Crippen LogP contribution is -2.37. The van der Waals surface area contributed by atoms with Crippen molar-refractivity contribution >= 4 is 15.7 Å². The van der Waals surface area contributed by atoms with Gasteiger partial charge in [-0.05, 0) is 32.5 Å². The van der Waals surface area contributed by atoms with Crippen LogP contribution in [0.3, 0.4) is 0 Å². The monoisotopic (exact) mass is 321 g/mol. The highest BCUT2D eigenvalue weighted by molar-refractivity contribution is 7.89. The van der Waals surface area contributed by atoms with Gasteiger partial charge in [-0.1, -0.05) is 6.92 Å². The van der Waals surface area contributed by atoms with Crippen molar-refractivity contribution in [2.45, 2.75) is 31.2 Å². The van der Waals surface area contributed by atoms with Gasteiger partial charge >= 0.3 is 0 Å². The Morgan fingerprint density at radius 2 is 1.86 bits per heavy atom. The van der Waals surface area contributed by atoms with Gasteiger partial charge in [0.2, 0.25) is 10.0 Å². The molecule has 0 radical (unpaired) electrons. The van der Waals surface area contributed by atoms with Crippen LogP contribution in [0.25, 0.3) is 0 Å². The summed E-state index contributed by atoms with van der Waals surface area (Å²) in [6.07, 6.45) is 0.921. The molecule has 0 aromatic heterocycles. The molecule has 1 unspecified atom stereocenters. The highest BCUT2D eigenvalue weighted by Crippen LogP contribution is 2.21. The minimum absolute atomic E-state index is 0.0619. The van der Waals surface area contributed by atoms with Gasteiger partial charge in [0.15, 0.2) is 4.90 Å². The van der Waals surface area contributed by atoms with E-state index in [0.29, 0.717) is 12.6 Å². The molecule has 0 heterocycles. The molecule has 1 rings (SSSR count). The summed E-state index contributed by atoms with van der Waals surface area (Å²) >= 11 is 0. The molecule has 3 N–H and O–H groups in total. The molecule has 21 heavy (non-hydrogen) atoms. The number of nitrogen functional groups attached to an aromatic ring is 1. The van der Waals surface area contributed by atoms with Crippen LogP contribution in [0.15, 0.2) is 17.0 Å². The highest BCUT2D eigenvalue weighted by atomic mass is 32.2. The average molecular weight is 321 g/mol. The van der Waals surface area contributed by atoms with Crippen LogP contribution in [-0.4, -0.2) is 39.5 Å². The molecule has 0 saturated carbocycles. The van der Waals surface area contributed by atoms with Crippen LogP contribution >= 0.6 is 0 Å². The fourth-order valence-corrected chi connectivity index (χ4v) is 2.93. The quantitative estimate of drug-likeness (QED) is 0.747. The van der Waals surface area contributed by atoms with Crippen LogP contribution in [0.1, 0.15) is 20.3 Å². The number of likely N-dealkylation sites (N-methyl/N-ethyl adjacent to an activating group) is 1. The zero-order valence-electron chi connectivity index (χ0n) is 12.4. The Morgan fingerprint density at radius 1 is 1.33 bits per heavy atom. The van der Waals surface area contributed by atoms with Gasteiger partial charge in [0.25, 0.3) is 0 Å². The Balaban J connectivity index is 2.80. The summed E-state index contributed by atoms with van der Waals surface area (Å²) in [5.74, 6) is -2.40. The van der Waals surface area contributed by atoms with E-state index in [4.69, 9.17) is 5.73 Å².